The summed E-state index contributed by atoms with van der Waals surface area (Å²) in [5.41, 5.74) is 1.78. The van der Waals surface area contributed by atoms with Crippen LogP contribution < -0.4 is 5.32 Å². The van der Waals surface area contributed by atoms with Crippen LogP contribution in [0, 0.1) is 6.92 Å². The smallest absolute Gasteiger partial charge is 0.224 e. The molecule has 0 aliphatic rings. The molecule has 0 spiro atoms. The molecule has 0 atom stereocenters. The fourth-order valence-electron chi connectivity index (χ4n) is 1.58. The normalized spacial score (nSPS) is 10.7. The lowest BCUT2D eigenvalue weighted by Crippen LogP contribution is -1.97. The topological polar surface area (TPSA) is 37.8 Å². The molecule has 0 aliphatic heterocycles. The molecule has 0 fully saturated rings. The van der Waals surface area contributed by atoms with Crippen molar-refractivity contribution in [2.75, 3.05) is 12.4 Å². The summed E-state index contributed by atoms with van der Waals surface area (Å²) >= 11 is 11.7. The molecular weight excluding hydrogens is 233 g/mol. The zero-order chi connectivity index (χ0) is 11.0. The zero-order valence-corrected chi connectivity index (χ0v) is 9.82. The first-order valence-electron chi connectivity index (χ1n) is 4.43. The predicted molar refractivity (Wildman–Crippen MR) is 63.8 cm³/mol. The summed E-state index contributed by atoms with van der Waals surface area (Å²) in [6, 6.07) is 3.65. The van der Waals surface area contributed by atoms with E-state index in [1.165, 1.54) is 0 Å². The molecule has 0 saturated heterocycles. The van der Waals surface area contributed by atoms with Gasteiger partial charge in [0.1, 0.15) is 5.82 Å². The second-order valence-corrected chi connectivity index (χ2v) is 3.98. The SMILES string of the molecule is CNc1nc(Cl)nc2cc(Cl)cc(C)c12. The van der Waals surface area contributed by atoms with Crippen molar-refractivity contribution in [1.29, 1.82) is 0 Å². The van der Waals surface area contributed by atoms with E-state index in [2.05, 4.69) is 15.3 Å². The van der Waals surface area contributed by atoms with Gasteiger partial charge < -0.3 is 5.32 Å². The molecule has 5 heteroatoms. The van der Waals surface area contributed by atoms with Gasteiger partial charge in [-0.25, -0.2) is 9.97 Å². The van der Waals surface area contributed by atoms with E-state index in [1.54, 1.807) is 13.1 Å². The van der Waals surface area contributed by atoms with Crippen LogP contribution in [0.1, 0.15) is 5.56 Å². The van der Waals surface area contributed by atoms with E-state index in [-0.39, 0.29) is 5.28 Å². The van der Waals surface area contributed by atoms with E-state index in [4.69, 9.17) is 23.2 Å². The van der Waals surface area contributed by atoms with E-state index in [9.17, 15) is 0 Å². The fraction of sp³-hybridized carbons (Fsp3) is 0.200. The van der Waals surface area contributed by atoms with Gasteiger partial charge in [-0.3, -0.25) is 0 Å². The second-order valence-electron chi connectivity index (χ2n) is 3.21. The average Bonchev–Trinajstić information content (AvgIpc) is 2.14. The van der Waals surface area contributed by atoms with Crippen molar-refractivity contribution in [2.24, 2.45) is 0 Å². The monoisotopic (exact) mass is 241 g/mol. The standard InChI is InChI=1S/C10H9Cl2N3/c1-5-3-6(11)4-7-8(5)9(13-2)15-10(12)14-7/h3-4H,1-2H3,(H,13,14,15). The molecule has 0 unspecified atom stereocenters. The van der Waals surface area contributed by atoms with Crippen LogP contribution in [0.2, 0.25) is 10.3 Å². The quantitative estimate of drug-likeness (QED) is 0.779. The maximum absolute atomic E-state index is 5.95. The van der Waals surface area contributed by atoms with Crippen LogP contribution in [-0.4, -0.2) is 17.0 Å². The minimum absolute atomic E-state index is 0.216. The molecule has 3 nitrogen and oxygen atoms in total. The van der Waals surface area contributed by atoms with Crippen molar-refractivity contribution in [3.8, 4) is 0 Å². The highest BCUT2D eigenvalue weighted by atomic mass is 35.5. The number of nitrogens with one attached hydrogen (secondary N) is 1. The van der Waals surface area contributed by atoms with Gasteiger partial charge in [0.25, 0.3) is 0 Å². The molecule has 78 valence electrons. The van der Waals surface area contributed by atoms with E-state index in [0.29, 0.717) is 5.02 Å². The molecule has 0 radical (unpaired) electrons. The largest absolute Gasteiger partial charge is 0.372 e. The van der Waals surface area contributed by atoms with Gasteiger partial charge in [0.2, 0.25) is 5.28 Å². The minimum Gasteiger partial charge on any atom is -0.372 e. The van der Waals surface area contributed by atoms with Gasteiger partial charge in [0.15, 0.2) is 0 Å². The Kier molecular flexibility index (Phi) is 2.67. The van der Waals surface area contributed by atoms with Crippen molar-refractivity contribution < 1.29 is 0 Å². The van der Waals surface area contributed by atoms with Crippen molar-refractivity contribution in [3.63, 3.8) is 0 Å². The summed E-state index contributed by atoms with van der Waals surface area (Å²) in [7, 11) is 1.80. The van der Waals surface area contributed by atoms with Crippen LogP contribution in [0.25, 0.3) is 10.9 Å². The summed E-state index contributed by atoms with van der Waals surface area (Å²) in [5, 5.41) is 4.81. The van der Waals surface area contributed by atoms with Crippen LogP contribution in [0.3, 0.4) is 0 Å². The number of anilines is 1. The zero-order valence-electron chi connectivity index (χ0n) is 8.31. The summed E-state index contributed by atoms with van der Waals surface area (Å²) in [4.78, 5) is 8.25. The number of nitrogens with zero attached hydrogens (tertiary/aromatic N) is 2. The van der Waals surface area contributed by atoms with Crippen LogP contribution in [0.5, 0.6) is 0 Å². The molecule has 1 aromatic carbocycles. The molecule has 0 saturated carbocycles. The molecule has 15 heavy (non-hydrogen) atoms. The van der Waals surface area contributed by atoms with E-state index in [1.807, 2.05) is 13.0 Å². The number of aromatic nitrogens is 2. The van der Waals surface area contributed by atoms with E-state index >= 15 is 0 Å². The lowest BCUT2D eigenvalue weighted by molar-refractivity contribution is 1.20. The van der Waals surface area contributed by atoms with Crippen molar-refractivity contribution in [2.45, 2.75) is 6.92 Å². The van der Waals surface area contributed by atoms with E-state index in [0.717, 1.165) is 22.3 Å². The fourth-order valence-corrected chi connectivity index (χ4v) is 2.02. The van der Waals surface area contributed by atoms with Crippen molar-refractivity contribution >= 4 is 39.9 Å². The van der Waals surface area contributed by atoms with Crippen LogP contribution in [-0.2, 0) is 0 Å². The number of benzene rings is 1. The third-order valence-corrected chi connectivity index (χ3v) is 2.56. The van der Waals surface area contributed by atoms with Crippen LogP contribution >= 0.6 is 23.2 Å². The molecule has 0 bridgehead atoms. The van der Waals surface area contributed by atoms with Gasteiger partial charge in [-0.05, 0) is 36.2 Å². The molecule has 0 amide bonds. The van der Waals surface area contributed by atoms with Gasteiger partial charge in [-0.2, -0.15) is 0 Å². The highest BCUT2D eigenvalue weighted by Crippen LogP contribution is 2.28. The Balaban J connectivity index is 2.90. The Morgan fingerprint density at radius 3 is 2.60 bits per heavy atom. The van der Waals surface area contributed by atoms with Gasteiger partial charge >= 0.3 is 0 Å². The molecule has 1 heterocycles. The van der Waals surface area contributed by atoms with Crippen molar-refractivity contribution in [3.05, 3.63) is 28.0 Å². The highest BCUT2D eigenvalue weighted by Gasteiger charge is 2.08. The van der Waals surface area contributed by atoms with Gasteiger partial charge in [-0.1, -0.05) is 11.6 Å². The average molecular weight is 242 g/mol. The molecular formula is C10H9Cl2N3. The van der Waals surface area contributed by atoms with Crippen LogP contribution in [0.4, 0.5) is 5.82 Å². The predicted octanol–water partition coefficient (Wildman–Crippen LogP) is 3.29. The summed E-state index contributed by atoms with van der Waals surface area (Å²) in [6.45, 7) is 1.96. The highest BCUT2D eigenvalue weighted by molar-refractivity contribution is 6.32. The number of hydrogen-bond acceptors (Lipinski definition) is 3. The Bertz CT molecular complexity index is 520. The maximum Gasteiger partial charge on any atom is 0.224 e. The molecule has 1 aromatic heterocycles. The van der Waals surface area contributed by atoms with E-state index < -0.39 is 0 Å². The Morgan fingerprint density at radius 2 is 1.93 bits per heavy atom. The van der Waals surface area contributed by atoms with Gasteiger partial charge in [0, 0.05) is 17.5 Å². The maximum atomic E-state index is 5.95. The minimum atomic E-state index is 0.216. The number of hydrogen-bond donors (Lipinski definition) is 1. The Hall–Kier alpha value is -1.06. The second kappa shape index (κ2) is 3.83. The third-order valence-electron chi connectivity index (χ3n) is 2.17. The first kappa shape index (κ1) is 10.5. The number of fused-ring (bicyclic) bond motifs is 1. The molecule has 1 N–H and O–H groups in total. The molecule has 2 rings (SSSR count). The lowest BCUT2D eigenvalue weighted by atomic mass is 10.1. The lowest BCUT2D eigenvalue weighted by Gasteiger charge is -2.08. The Labute approximate surface area is 97.4 Å². The number of halogens is 2. The first-order valence-corrected chi connectivity index (χ1v) is 5.18. The van der Waals surface area contributed by atoms with Crippen molar-refractivity contribution in [1.82, 2.24) is 9.97 Å². The number of rotatable bonds is 1. The van der Waals surface area contributed by atoms with Crippen LogP contribution in [0.15, 0.2) is 12.1 Å². The third kappa shape index (κ3) is 1.85. The summed E-state index contributed by atoms with van der Waals surface area (Å²) < 4.78 is 0. The molecule has 2 aromatic rings. The molecule has 0 aliphatic carbocycles. The summed E-state index contributed by atoms with van der Waals surface area (Å²) in [6.07, 6.45) is 0. The first-order chi connectivity index (χ1) is 7.11. The number of aryl methyl sites for hydroxylation is 1. The Morgan fingerprint density at radius 1 is 1.20 bits per heavy atom. The van der Waals surface area contributed by atoms with Gasteiger partial charge in [0.05, 0.1) is 5.52 Å². The van der Waals surface area contributed by atoms with Gasteiger partial charge in [-0.15, -0.1) is 0 Å². The summed E-state index contributed by atoms with van der Waals surface area (Å²) in [5.74, 6) is 0.721.